The maximum absolute atomic E-state index is 5.17. The van der Waals surface area contributed by atoms with Gasteiger partial charge in [-0.15, -0.1) is 0 Å². The van der Waals surface area contributed by atoms with Crippen LogP contribution in [0, 0.1) is 0 Å². The molecule has 3 nitrogen and oxygen atoms in total. The zero-order valence-electron chi connectivity index (χ0n) is 12.7. The van der Waals surface area contributed by atoms with Crippen molar-refractivity contribution >= 4 is 5.69 Å². The number of benzene rings is 2. The summed E-state index contributed by atoms with van der Waals surface area (Å²) in [6, 6.07) is 22.7. The van der Waals surface area contributed by atoms with Gasteiger partial charge in [-0.25, -0.2) is 0 Å². The van der Waals surface area contributed by atoms with Gasteiger partial charge in [-0.3, -0.25) is 0 Å². The van der Waals surface area contributed by atoms with Crippen LogP contribution in [0.25, 0.3) is 0 Å². The van der Waals surface area contributed by atoms with Crippen molar-refractivity contribution in [3.05, 3.63) is 84.2 Å². The normalized spacial score (nSPS) is 10.4. The number of hydrogen-bond donors (Lipinski definition) is 1. The van der Waals surface area contributed by atoms with Crippen LogP contribution in [0.1, 0.15) is 11.3 Å². The van der Waals surface area contributed by atoms with E-state index in [4.69, 9.17) is 4.74 Å². The van der Waals surface area contributed by atoms with E-state index in [1.807, 2.05) is 30.3 Å². The third-order valence-electron chi connectivity index (χ3n) is 3.68. The van der Waals surface area contributed by atoms with Crippen LogP contribution < -0.4 is 10.1 Å². The topological polar surface area (TPSA) is 26.2 Å². The van der Waals surface area contributed by atoms with E-state index in [0.29, 0.717) is 0 Å². The van der Waals surface area contributed by atoms with Gasteiger partial charge in [-0.2, -0.15) is 0 Å². The number of anilines is 1. The van der Waals surface area contributed by atoms with Crippen LogP contribution in [0.5, 0.6) is 5.75 Å². The van der Waals surface area contributed by atoms with Gasteiger partial charge in [0.15, 0.2) is 0 Å². The monoisotopic (exact) mass is 292 g/mol. The molecule has 1 aromatic heterocycles. The molecule has 0 aliphatic heterocycles. The molecule has 22 heavy (non-hydrogen) atoms. The highest BCUT2D eigenvalue weighted by molar-refractivity contribution is 5.46. The summed E-state index contributed by atoms with van der Waals surface area (Å²) in [5.41, 5.74) is 3.66. The Morgan fingerprint density at radius 2 is 1.68 bits per heavy atom. The van der Waals surface area contributed by atoms with Crippen LogP contribution in [0.3, 0.4) is 0 Å². The van der Waals surface area contributed by atoms with Crippen molar-refractivity contribution in [3.8, 4) is 5.75 Å². The van der Waals surface area contributed by atoms with Gasteiger partial charge in [0.1, 0.15) is 5.75 Å². The molecule has 3 aromatic rings. The van der Waals surface area contributed by atoms with Crippen molar-refractivity contribution in [1.29, 1.82) is 0 Å². The molecule has 0 atom stereocenters. The summed E-state index contributed by atoms with van der Waals surface area (Å²) < 4.78 is 7.44. The number of hydrogen-bond acceptors (Lipinski definition) is 2. The number of nitrogens with one attached hydrogen (secondary N) is 1. The molecule has 2 aromatic carbocycles. The summed E-state index contributed by atoms with van der Waals surface area (Å²) in [6.45, 7) is 1.69. The predicted molar refractivity (Wildman–Crippen MR) is 90.3 cm³/mol. The number of nitrogens with zero attached hydrogens (tertiary/aromatic N) is 1. The SMILES string of the molecule is COc1ccc(NCc2cccn2Cc2ccccc2)cc1. The molecule has 112 valence electrons. The molecule has 0 amide bonds. The molecule has 1 N–H and O–H groups in total. The summed E-state index contributed by atoms with van der Waals surface area (Å²) in [5, 5.41) is 3.45. The van der Waals surface area contributed by atoms with Crippen molar-refractivity contribution in [1.82, 2.24) is 4.57 Å². The Bertz CT molecular complexity index is 702. The van der Waals surface area contributed by atoms with Crippen molar-refractivity contribution < 1.29 is 4.74 Å². The minimum atomic E-state index is 0.798. The lowest BCUT2D eigenvalue weighted by Gasteiger charge is -2.11. The zero-order chi connectivity index (χ0) is 15.2. The largest absolute Gasteiger partial charge is 0.497 e. The van der Waals surface area contributed by atoms with Crippen LogP contribution in [-0.4, -0.2) is 11.7 Å². The van der Waals surface area contributed by atoms with E-state index in [9.17, 15) is 0 Å². The third kappa shape index (κ3) is 3.50. The first-order valence-electron chi connectivity index (χ1n) is 7.41. The Labute approximate surface area is 131 Å². The quantitative estimate of drug-likeness (QED) is 0.738. The minimum Gasteiger partial charge on any atom is -0.497 e. The van der Waals surface area contributed by atoms with E-state index in [2.05, 4.69) is 52.5 Å². The Balaban J connectivity index is 1.64. The highest BCUT2D eigenvalue weighted by atomic mass is 16.5. The minimum absolute atomic E-state index is 0.798. The second kappa shape index (κ2) is 6.85. The smallest absolute Gasteiger partial charge is 0.119 e. The lowest BCUT2D eigenvalue weighted by atomic mass is 10.2. The first kappa shape index (κ1) is 14.3. The summed E-state index contributed by atoms with van der Waals surface area (Å²) in [4.78, 5) is 0. The Hall–Kier alpha value is -2.68. The van der Waals surface area contributed by atoms with Crippen molar-refractivity contribution in [2.24, 2.45) is 0 Å². The molecular formula is C19H20N2O. The van der Waals surface area contributed by atoms with E-state index in [1.165, 1.54) is 11.3 Å². The van der Waals surface area contributed by atoms with E-state index in [0.717, 1.165) is 24.5 Å². The van der Waals surface area contributed by atoms with Gasteiger partial charge in [0.2, 0.25) is 0 Å². The molecule has 3 heteroatoms. The van der Waals surface area contributed by atoms with Crippen molar-refractivity contribution in [2.75, 3.05) is 12.4 Å². The van der Waals surface area contributed by atoms with Gasteiger partial charge in [-0.1, -0.05) is 30.3 Å². The van der Waals surface area contributed by atoms with Crippen LogP contribution in [0.2, 0.25) is 0 Å². The highest BCUT2D eigenvalue weighted by Gasteiger charge is 2.02. The molecule has 1 heterocycles. The average Bonchev–Trinajstić information content (AvgIpc) is 3.01. The van der Waals surface area contributed by atoms with E-state index >= 15 is 0 Å². The van der Waals surface area contributed by atoms with Crippen LogP contribution in [-0.2, 0) is 13.1 Å². The molecule has 0 bridgehead atoms. The van der Waals surface area contributed by atoms with E-state index in [-0.39, 0.29) is 0 Å². The van der Waals surface area contributed by atoms with Gasteiger partial charge in [0.25, 0.3) is 0 Å². The van der Waals surface area contributed by atoms with Gasteiger partial charge in [0, 0.05) is 24.1 Å². The van der Waals surface area contributed by atoms with Gasteiger partial charge in [-0.05, 0) is 42.0 Å². The molecule has 0 radical (unpaired) electrons. The number of aromatic nitrogens is 1. The van der Waals surface area contributed by atoms with Crippen molar-refractivity contribution in [2.45, 2.75) is 13.1 Å². The van der Waals surface area contributed by atoms with Crippen molar-refractivity contribution in [3.63, 3.8) is 0 Å². The maximum atomic E-state index is 5.17. The van der Waals surface area contributed by atoms with Gasteiger partial charge in [0.05, 0.1) is 13.7 Å². The number of rotatable bonds is 6. The fraction of sp³-hybridized carbons (Fsp3) is 0.158. The third-order valence-corrected chi connectivity index (χ3v) is 3.68. The second-order valence-corrected chi connectivity index (χ2v) is 5.20. The fourth-order valence-corrected chi connectivity index (χ4v) is 2.45. The lowest BCUT2D eigenvalue weighted by Crippen LogP contribution is -2.08. The highest BCUT2D eigenvalue weighted by Crippen LogP contribution is 2.16. The van der Waals surface area contributed by atoms with E-state index < -0.39 is 0 Å². The zero-order valence-corrected chi connectivity index (χ0v) is 12.7. The molecule has 0 saturated carbocycles. The van der Waals surface area contributed by atoms with Crippen LogP contribution in [0.15, 0.2) is 72.9 Å². The molecule has 0 aliphatic carbocycles. The average molecular weight is 292 g/mol. The van der Waals surface area contributed by atoms with Crippen LogP contribution in [0.4, 0.5) is 5.69 Å². The predicted octanol–water partition coefficient (Wildman–Crippen LogP) is 4.16. The van der Waals surface area contributed by atoms with Crippen LogP contribution >= 0.6 is 0 Å². The lowest BCUT2D eigenvalue weighted by molar-refractivity contribution is 0.415. The summed E-state index contributed by atoms with van der Waals surface area (Å²) in [6.07, 6.45) is 2.12. The summed E-state index contributed by atoms with van der Waals surface area (Å²) in [5.74, 6) is 0.873. The first-order chi connectivity index (χ1) is 10.8. The Morgan fingerprint density at radius 1 is 0.909 bits per heavy atom. The Morgan fingerprint density at radius 3 is 2.41 bits per heavy atom. The molecule has 0 aliphatic rings. The summed E-state index contributed by atoms with van der Waals surface area (Å²) >= 11 is 0. The molecule has 0 saturated heterocycles. The van der Waals surface area contributed by atoms with Gasteiger partial charge < -0.3 is 14.6 Å². The number of methoxy groups -OCH3 is 1. The first-order valence-corrected chi connectivity index (χ1v) is 7.41. The molecule has 0 unspecified atom stereocenters. The molecule has 3 rings (SSSR count). The Kier molecular flexibility index (Phi) is 4.44. The fourth-order valence-electron chi connectivity index (χ4n) is 2.45. The number of ether oxygens (including phenoxy) is 1. The summed E-state index contributed by atoms with van der Waals surface area (Å²) in [7, 11) is 1.68. The molecule has 0 spiro atoms. The van der Waals surface area contributed by atoms with Gasteiger partial charge >= 0.3 is 0 Å². The standard InChI is InChI=1S/C19H20N2O/c1-22-19-11-9-17(10-12-19)20-14-18-8-5-13-21(18)15-16-6-3-2-4-7-16/h2-13,20H,14-15H2,1H3. The maximum Gasteiger partial charge on any atom is 0.119 e. The van der Waals surface area contributed by atoms with E-state index in [1.54, 1.807) is 7.11 Å². The molecular weight excluding hydrogens is 272 g/mol. The molecule has 0 fully saturated rings. The second-order valence-electron chi connectivity index (χ2n) is 5.20.